The molecule has 1 aromatic rings. The van der Waals surface area contributed by atoms with Gasteiger partial charge in [-0.2, -0.15) is 0 Å². The Labute approximate surface area is 120 Å². The third-order valence-electron chi connectivity index (χ3n) is 4.13. The lowest BCUT2D eigenvalue weighted by Crippen LogP contribution is -2.39. The van der Waals surface area contributed by atoms with E-state index in [9.17, 15) is 9.18 Å². The van der Waals surface area contributed by atoms with Gasteiger partial charge in [0.15, 0.2) is 0 Å². The lowest BCUT2D eigenvalue weighted by Gasteiger charge is -2.32. The SMILES string of the molecule is CCC(C)CC(C)N1C(=O)CNC1c1ccccc1F. The number of nitrogens with zero attached hydrogens (tertiary/aromatic N) is 1. The molecule has 3 nitrogen and oxygen atoms in total. The monoisotopic (exact) mass is 278 g/mol. The highest BCUT2D eigenvalue weighted by atomic mass is 19.1. The van der Waals surface area contributed by atoms with Gasteiger partial charge in [-0.3, -0.25) is 10.1 Å². The Bertz CT molecular complexity index is 477. The van der Waals surface area contributed by atoms with Crippen LogP contribution in [0.2, 0.25) is 0 Å². The van der Waals surface area contributed by atoms with Gasteiger partial charge in [-0.15, -0.1) is 0 Å². The Morgan fingerprint density at radius 3 is 2.75 bits per heavy atom. The number of rotatable bonds is 5. The summed E-state index contributed by atoms with van der Waals surface area (Å²) >= 11 is 0. The number of benzene rings is 1. The van der Waals surface area contributed by atoms with Crippen molar-refractivity contribution in [3.63, 3.8) is 0 Å². The molecular formula is C16H23FN2O. The van der Waals surface area contributed by atoms with E-state index in [0.717, 1.165) is 12.8 Å². The van der Waals surface area contributed by atoms with Crippen LogP contribution < -0.4 is 5.32 Å². The highest BCUT2D eigenvalue weighted by molar-refractivity contribution is 5.81. The van der Waals surface area contributed by atoms with Gasteiger partial charge in [-0.1, -0.05) is 38.5 Å². The summed E-state index contributed by atoms with van der Waals surface area (Å²) in [5.41, 5.74) is 0.550. The first-order chi connectivity index (χ1) is 9.54. The Kier molecular flexibility index (Phi) is 4.76. The second kappa shape index (κ2) is 6.35. The van der Waals surface area contributed by atoms with Crippen molar-refractivity contribution in [1.29, 1.82) is 0 Å². The van der Waals surface area contributed by atoms with Crippen molar-refractivity contribution in [2.24, 2.45) is 5.92 Å². The molecule has 3 unspecified atom stereocenters. The molecule has 1 heterocycles. The van der Waals surface area contributed by atoms with Gasteiger partial charge in [0.25, 0.3) is 0 Å². The number of hydrogen-bond acceptors (Lipinski definition) is 2. The third kappa shape index (κ3) is 3.01. The minimum atomic E-state index is -0.345. The maximum absolute atomic E-state index is 14.0. The van der Waals surface area contributed by atoms with Crippen molar-refractivity contribution in [3.8, 4) is 0 Å². The Balaban J connectivity index is 2.21. The Morgan fingerprint density at radius 1 is 1.40 bits per heavy atom. The number of hydrogen-bond donors (Lipinski definition) is 1. The van der Waals surface area contributed by atoms with Crippen molar-refractivity contribution in [3.05, 3.63) is 35.6 Å². The molecule has 4 heteroatoms. The van der Waals surface area contributed by atoms with Crippen LogP contribution in [0, 0.1) is 11.7 Å². The molecule has 1 N–H and O–H groups in total. The highest BCUT2D eigenvalue weighted by Gasteiger charge is 2.36. The fourth-order valence-corrected chi connectivity index (χ4v) is 2.84. The van der Waals surface area contributed by atoms with E-state index in [1.54, 1.807) is 23.1 Å². The predicted molar refractivity (Wildman–Crippen MR) is 77.5 cm³/mol. The van der Waals surface area contributed by atoms with Gasteiger partial charge in [-0.25, -0.2) is 4.39 Å². The van der Waals surface area contributed by atoms with Gasteiger partial charge in [0, 0.05) is 11.6 Å². The van der Waals surface area contributed by atoms with Crippen LogP contribution in [0.5, 0.6) is 0 Å². The van der Waals surface area contributed by atoms with Gasteiger partial charge in [0.05, 0.1) is 6.54 Å². The smallest absolute Gasteiger partial charge is 0.238 e. The van der Waals surface area contributed by atoms with Crippen molar-refractivity contribution in [2.75, 3.05) is 6.54 Å². The summed E-state index contributed by atoms with van der Waals surface area (Å²) in [6.45, 7) is 6.66. The van der Waals surface area contributed by atoms with Gasteiger partial charge in [0.1, 0.15) is 12.0 Å². The fourth-order valence-electron chi connectivity index (χ4n) is 2.84. The Hall–Kier alpha value is -1.42. The minimum absolute atomic E-state index is 0.0501. The van der Waals surface area contributed by atoms with E-state index >= 15 is 0 Å². The van der Waals surface area contributed by atoms with Crippen molar-refractivity contribution >= 4 is 5.91 Å². The molecule has 1 aromatic carbocycles. The molecule has 1 amide bonds. The zero-order valence-corrected chi connectivity index (χ0v) is 12.4. The molecule has 110 valence electrons. The average Bonchev–Trinajstić information content (AvgIpc) is 2.81. The zero-order valence-electron chi connectivity index (χ0n) is 12.4. The molecule has 0 aromatic heterocycles. The summed E-state index contributed by atoms with van der Waals surface area (Å²) in [5.74, 6) is 0.342. The molecule has 0 spiro atoms. The molecule has 20 heavy (non-hydrogen) atoms. The molecule has 1 saturated heterocycles. The molecule has 0 bridgehead atoms. The van der Waals surface area contributed by atoms with Gasteiger partial charge in [0.2, 0.25) is 5.91 Å². The van der Waals surface area contributed by atoms with Crippen LogP contribution in [0.4, 0.5) is 4.39 Å². The van der Waals surface area contributed by atoms with E-state index < -0.39 is 0 Å². The number of carbonyl (C=O) groups is 1. The maximum Gasteiger partial charge on any atom is 0.238 e. The molecule has 0 saturated carbocycles. The number of nitrogens with one attached hydrogen (secondary N) is 1. The topological polar surface area (TPSA) is 32.3 Å². The summed E-state index contributed by atoms with van der Waals surface area (Å²) in [5, 5.41) is 3.12. The van der Waals surface area contributed by atoms with Gasteiger partial charge in [-0.05, 0) is 25.3 Å². The first kappa shape index (κ1) is 15.0. The molecule has 1 aliphatic heterocycles. The summed E-state index contributed by atoms with van der Waals surface area (Å²) in [6.07, 6.45) is 1.68. The third-order valence-corrected chi connectivity index (χ3v) is 4.13. The second-order valence-corrected chi connectivity index (χ2v) is 5.70. The predicted octanol–water partition coefficient (Wildman–Crippen LogP) is 3.08. The molecule has 0 radical (unpaired) electrons. The molecule has 1 fully saturated rings. The minimum Gasteiger partial charge on any atom is -0.319 e. The van der Waals surface area contributed by atoms with Crippen LogP contribution in [0.15, 0.2) is 24.3 Å². The summed E-state index contributed by atoms with van der Waals surface area (Å²) < 4.78 is 14.0. The van der Waals surface area contributed by atoms with Crippen LogP contribution in [0.1, 0.15) is 45.3 Å². The van der Waals surface area contributed by atoms with Crippen molar-refractivity contribution in [1.82, 2.24) is 10.2 Å². The lowest BCUT2D eigenvalue weighted by molar-refractivity contribution is -0.130. The number of amides is 1. The van der Waals surface area contributed by atoms with E-state index in [-0.39, 0.29) is 30.5 Å². The first-order valence-corrected chi connectivity index (χ1v) is 7.33. The largest absolute Gasteiger partial charge is 0.319 e. The fraction of sp³-hybridized carbons (Fsp3) is 0.562. The number of carbonyl (C=O) groups excluding carboxylic acids is 1. The normalized spacial score (nSPS) is 22.1. The maximum atomic E-state index is 14.0. The van der Waals surface area contributed by atoms with Crippen LogP contribution in [0.3, 0.4) is 0 Å². The summed E-state index contributed by atoms with van der Waals surface area (Å²) in [6, 6.07) is 6.77. The van der Waals surface area contributed by atoms with E-state index in [0.29, 0.717) is 11.5 Å². The quantitative estimate of drug-likeness (QED) is 0.897. The van der Waals surface area contributed by atoms with Crippen molar-refractivity contribution < 1.29 is 9.18 Å². The van der Waals surface area contributed by atoms with E-state index in [1.807, 2.05) is 6.92 Å². The first-order valence-electron chi connectivity index (χ1n) is 7.33. The van der Waals surface area contributed by atoms with E-state index in [4.69, 9.17) is 0 Å². The summed E-state index contributed by atoms with van der Waals surface area (Å²) in [4.78, 5) is 13.9. The highest BCUT2D eigenvalue weighted by Crippen LogP contribution is 2.29. The van der Waals surface area contributed by atoms with Crippen molar-refractivity contribution in [2.45, 2.75) is 45.8 Å². The molecule has 3 atom stereocenters. The van der Waals surface area contributed by atoms with E-state index in [2.05, 4.69) is 19.2 Å². The van der Waals surface area contributed by atoms with Crippen LogP contribution in [-0.2, 0) is 4.79 Å². The van der Waals surface area contributed by atoms with Crippen LogP contribution in [0.25, 0.3) is 0 Å². The van der Waals surface area contributed by atoms with Crippen LogP contribution >= 0.6 is 0 Å². The molecular weight excluding hydrogens is 255 g/mol. The zero-order chi connectivity index (χ0) is 14.7. The standard InChI is InChI=1S/C16H23FN2O/c1-4-11(2)9-12(3)19-15(20)10-18-16(19)13-7-5-6-8-14(13)17/h5-8,11-12,16,18H,4,9-10H2,1-3H3. The lowest BCUT2D eigenvalue weighted by atomic mass is 9.98. The summed E-state index contributed by atoms with van der Waals surface area (Å²) in [7, 11) is 0. The second-order valence-electron chi connectivity index (χ2n) is 5.70. The van der Waals surface area contributed by atoms with Gasteiger partial charge < -0.3 is 4.90 Å². The Morgan fingerprint density at radius 2 is 2.10 bits per heavy atom. The van der Waals surface area contributed by atoms with Gasteiger partial charge >= 0.3 is 0 Å². The average molecular weight is 278 g/mol. The number of halogens is 1. The molecule has 1 aliphatic rings. The van der Waals surface area contributed by atoms with E-state index in [1.165, 1.54) is 6.07 Å². The molecule has 0 aliphatic carbocycles. The van der Waals surface area contributed by atoms with Crippen LogP contribution in [-0.4, -0.2) is 23.4 Å². The molecule has 2 rings (SSSR count).